The summed E-state index contributed by atoms with van der Waals surface area (Å²) >= 11 is 3.28. The number of hydrogen-bond donors (Lipinski definition) is 3. The molecule has 1 fully saturated rings. The summed E-state index contributed by atoms with van der Waals surface area (Å²) in [7, 11) is 0. The molecule has 2 amide bonds. The number of esters is 1. The number of carbonyl (C=O) groups excluding carboxylic acids is 3. The second-order valence-corrected chi connectivity index (χ2v) is 9.63. The van der Waals surface area contributed by atoms with Crippen LogP contribution in [0.15, 0.2) is 53.1 Å². The first-order valence-corrected chi connectivity index (χ1v) is 12.6. The largest absolute Gasteiger partial charge is 0.422 e. The zero-order chi connectivity index (χ0) is 26.7. The van der Waals surface area contributed by atoms with Gasteiger partial charge in [0.2, 0.25) is 0 Å². The van der Waals surface area contributed by atoms with E-state index in [1.54, 1.807) is 44.3 Å². The number of halogens is 2. The van der Waals surface area contributed by atoms with E-state index in [4.69, 9.17) is 10.5 Å². The van der Waals surface area contributed by atoms with Gasteiger partial charge in [-0.3, -0.25) is 10.1 Å². The number of hydrogen-bond acceptors (Lipinski definition) is 6. The van der Waals surface area contributed by atoms with Gasteiger partial charge in [0, 0.05) is 35.6 Å². The average molecular weight is 569 g/mol. The fourth-order valence-electron chi connectivity index (χ4n) is 4.13. The van der Waals surface area contributed by atoms with Crippen molar-refractivity contribution in [1.82, 2.24) is 10.3 Å². The summed E-state index contributed by atoms with van der Waals surface area (Å²) in [6.45, 7) is 3.62. The van der Waals surface area contributed by atoms with Crippen molar-refractivity contribution in [2.75, 3.05) is 5.32 Å². The molecule has 1 aliphatic carbocycles. The van der Waals surface area contributed by atoms with Gasteiger partial charge in [-0.1, -0.05) is 25.1 Å². The molecule has 37 heavy (non-hydrogen) atoms. The number of amides is 2. The Kier molecular flexibility index (Phi) is 7.99. The van der Waals surface area contributed by atoms with E-state index in [0.717, 1.165) is 10.0 Å². The maximum Gasteiger partial charge on any atom is 0.343 e. The van der Waals surface area contributed by atoms with Gasteiger partial charge in [0.05, 0.1) is 11.1 Å². The highest BCUT2D eigenvalue weighted by atomic mass is 79.9. The third-order valence-corrected chi connectivity index (χ3v) is 6.77. The summed E-state index contributed by atoms with van der Waals surface area (Å²) in [5.41, 5.74) is 7.49. The van der Waals surface area contributed by atoms with Crippen molar-refractivity contribution >= 4 is 39.5 Å². The molecule has 4 rings (SSSR count). The number of carbonyl (C=O) groups is 3. The molecule has 0 bridgehead atoms. The van der Waals surface area contributed by atoms with Crippen LogP contribution in [-0.2, 0) is 6.54 Å². The Morgan fingerprint density at radius 2 is 1.97 bits per heavy atom. The minimum absolute atomic E-state index is 0.0293. The molecule has 4 N–H and O–H groups in total. The molecule has 2 atom stereocenters. The predicted octanol–water partition coefficient (Wildman–Crippen LogP) is 5.24. The van der Waals surface area contributed by atoms with Crippen LogP contribution in [0.4, 0.5) is 15.0 Å². The van der Waals surface area contributed by atoms with Gasteiger partial charge >= 0.3 is 12.0 Å². The van der Waals surface area contributed by atoms with Gasteiger partial charge in [0.15, 0.2) is 5.78 Å². The second-order valence-electron chi connectivity index (χ2n) is 8.71. The Morgan fingerprint density at radius 1 is 1.19 bits per heavy atom. The number of aromatic nitrogens is 1. The first-order chi connectivity index (χ1) is 17.7. The number of benzene rings is 2. The number of pyridine rings is 1. The third-order valence-electron chi connectivity index (χ3n) is 6.30. The van der Waals surface area contributed by atoms with Gasteiger partial charge in [0.25, 0.3) is 0 Å². The molecule has 0 saturated heterocycles. The maximum absolute atomic E-state index is 15.6. The van der Waals surface area contributed by atoms with Crippen LogP contribution in [0.3, 0.4) is 0 Å². The maximum atomic E-state index is 15.6. The zero-order valence-electron chi connectivity index (χ0n) is 20.3. The quantitative estimate of drug-likeness (QED) is 0.194. The number of nitrogens with one attached hydrogen (secondary N) is 2. The number of urea groups is 1. The Labute approximate surface area is 221 Å². The van der Waals surface area contributed by atoms with Gasteiger partial charge in [0.1, 0.15) is 17.4 Å². The fourth-order valence-corrected chi connectivity index (χ4v) is 4.37. The molecule has 1 saturated carbocycles. The van der Waals surface area contributed by atoms with E-state index in [2.05, 4.69) is 31.5 Å². The standard InChI is InChI=1S/C27H26BrFN4O4/c1-3-21(34)24-22(37-26(35)17-6-4-5-15(12-30)14(17)2)9-8-18(25(24)29)19-11-20(19)32-27(36)33-23-10-7-16(28)13-31-23/h4-10,13,19-20H,3,11-12,30H2,1-2H3,(H2,31,32,33,36)/t19-,20-/m0/s1. The van der Waals surface area contributed by atoms with Crippen LogP contribution < -0.4 is 21.1 Å². The number of anilines is 1. The topological polar surface area (TPSA) is 123 Å². The highest BCUT2D eigenvalue weighted by Gasteiger charge is 2.42. The van der Waals surface area contributed by atoms with Crippen LogP contribution in [0.2, 0.25) is 0 Å². The summed E-state index contributed by atoms with van der Waals surface area (Å²) in [5, 5.41) is 5.42. The van der Waals surface area contributed by atoms with E-state index in [-0.39, 0.29) is 41.8 Å². The highest BCUT2D eigenvalue weighted by Crippen LogP contribution is 2.44. The Bertz CT molecular complexity index is 1360. The van der Waals surface area contributed by atoms with E-state index < -0.39 is 23.6 Å². The van der Waals surface area contributed by atoms with Crippen molar-refractivity contribution in [2.24, 2.45) is 5.73 Å². The van der Waals surface area contributed by atoms with Gasteiger partial charge in [-0.2, -0.15) is 0 Å². The third kappa shape index (κ3) is 5.86. The molecule has 0 unspecified atom stereocenters. The minimum atomic E-state index is -0.742. The van der Waals surface area contributed by atoms with Crippen LogP contribution in [0.5, 0.6) is 5.75 Å². The van der Waals surface area contributed by atoms with E-state index >= 15 is 4.39 Å². The monoisotopic (exact) mass is 568 g/mol. The molecule has 10 heteroatoms. The van der Waals surface area contributed by atoms with Crippen molar-refractivity contribution in [2.45, 2.75) is 45.2 Å². The lowest BCUT2D eigenvalue weighted by atomic mass is 10.00. The van der Waals surface area contributed by atoms with Crippen LogP contribution in [0.25, 0.3) is 0 Å². The summed E-state index contributed by atoms with van der Waals surface area (Å²) in [5.74, 6) is -2.01. The minimum Gasteiger partial charge on any atom is -0.422 e. The van der Waals surface area contributed by atoms with Crippen molar-refractivity contribution in [3.05, 3.63) is 86.8 Å². The number of nitrogens with zero attached hydrogens (tertiary/aromatic N) is 1. The van der Waals surface area contributed by atoms with Crippen molar-refractivity contribution in [3.63, 3.8) is 0 Å². The van der Waals surface area contributed by atoms with Crippen molar-refractivity contribution < 1.29 is 23.5 Å². The van der Waals surface area contributed by atoms with Gasteiger partial charge in [-0.05, 0) is 70.2 Å². The van der Waals surface area contributed by atoms with E-state index in [0.29, 0.717) is 23.4 Å². The van der Waals surface area contributed by atoms with Crippen LogP contribution in [0, 0.1) is 12.7 Å². The number of ether oxygens (including phenoxy) is 1. The summed E-state index contributed by atoms with van der Waals surface area (Å²) in [6, 6.07) is 10.6. The van der Waals surface area contributed by atoms with E-state index in [1.807, 2.05) is 6.07 Å². The second kappa shape index (κ2) is 11.2. The SMILES string of the molecule is CCC(=O)c1c(OC(=O)c2cccc(CN)c2C)ccc([C@@H]2C[C@@H]2NC(=O)Nc2ccc(Br)cn2)c1F. The molecule has 2 aromatic carbocycles. The van der Waals surface area contributed by atoms with Crippen LogP contribution in [0.1, 0.15) is 63.1 Å². The van der Waals surface area contributed by atoms with Gasteiger partial charge in [-0.25, -0.2) is 19.0 Å². The predicted molar refractivity (Wildman–Crippen MR) is 140 cm³/mol. The van der Waals surface area contributed by atoms with Crippen molar-refractivity contribution in [3.8, 4) is 5.75 Å². The number of Topliss-reactive ketones (excluding diaryl/α,β-unsaturated/α-hetero) is 1. The van der Waals surface area contributed by atoms with Crippen molar-refractivity contribution in [1.29, 1.82) is 0 Å². The van der Waals surface area contributed by atoms with Gasteiger partial charge < -0.3 is 15.8 Å². The molecule has 8 nitrogen and oxygen atoms in total. The number of rotatable bonds is 8. The molecule has 1 heterocycles. The molecular weight excluding hydrogens is 543 g/mol. The van der Waals surface area contributed by atoms with Crippen LogP contribution in [-0.4, -0.2) is 28.8 Å². The van der Waals surface area contributed by atoms with E-state index in [1.165, 1.54) is 12.1 Å². The summed E-state index contributed by atoms with van der Waals surface area (Å²) in [4.78, 5) is 42.0. The lowest BCUT2D eigenvalue weighted by Gasteiger charge is -2.15. The average Bonchev–Trinajstić information content (AvgIpc) is 3.63. The first-order valence-electron chi connectivity index (χ1n) is 11.8. The number of ketones is 1. The zero-order valence-corrected chi connectivity index (χ0v) is 21.9. The molecule has 1 aliphatic rings. The fraction of sp³-hybridized carbons (Fsp3) is 0.259. The molecule has 0 aliphatic heterocycles. The lowest BCUT2D eigenvalue weighted by Crippen LogP contribution is -2.31. The summed E-state index contributed by atoms with van der Waals surface area (Å²) in [6.07, 6.45) is 2.09. The molecule has 1 aromatic heterocycles. The molecule has 0 spiro atoms. The Hall–Kier alpha value is -3.63. The molecule has 3 aromatic rings. The van der Waals surface area contributed by atoms with E-state index in [9.17, 15) is 14.4 Å². The first kappa shape index (κ1) is 26.4. The lowest BCUT2D eigenvalue weighted by molar-refractivity contribution is 0.0731. The molecule has 0 radical (unpaired) electrons. The highest BCUT2D eigenvalue weighted by molar-refractivity contribution is 9.10. The summed E-state index contributed by atoms with van der Waals surface area (Å²) < 4.78 is 21.9. The molecule has 192 valence electrons. The smallest absolute Gasteiger partial charge is 0.343 e. The molecular formula is C27H26BrFN4O4. The van der Waals surface area contributed by atoms with Crippen LogP contribution >= 0.6 is 15.9 Å². The Morgan fingerprint density at radius 3 is 2.65 bits per heavy atom. The normalized spacial score (nSPS) is 16.1. The number of nitrogens with two attached hydrogens (primary N) is 1. The Balaban J connectivity index is 1.51. The van der Waals surface area contributed by atoms with Gasteiger partial charge in [-0.15, -0.1) is 0 Å².